The molecule has 3 unspecified atom stereocenters. The Bertz CT molecular complexity index is 2120. The Hall–Kier alpha value is -3.87. The zero-order valence-corrected chi connectivity index (χ0v) is 32.3. The van der Waals surface area contributed by atoms with Crippen LogP contribution in [0, 0.1) is 22.5 Å². The monoisotopic (exact) mass is 757 g/mol. The molecule has 4 aromatic rings. The number of halogens is 2. The molecule has 55 heavy (non-hydrogen) atoms. The van der Waals surface area contributed by atoms with Crippen LogP contribution in [0.2, 0.25) is 0 Å². The van der Waals surface area contributed by atoms with Crippen LogP contribution in [0.3, 0.4) is 0 Å². The number of benzene rings is 2. The topological polar surface area (TPSA) is 113 Å². The highest BCUT2D eigenvalue weighted by Crippen LogP contribution is 2.56. The molecule has 0 amide bonds. The summed E-state index contributed by atoms with van der Waals surface area (Å²) in [6, 6.07) is 6.97. The maximum atomic E-state index is 17.4. The van der Waals surface area contributed by atoms with Crippen LogP contribution in [0.5, 0.6) is 17.6 Å². The highest BCUT2D eigenvalue weighted by Gasteiger charge is 2.55. The number of aromatic nitrogens is 3. The van der Waals surface area contributed by atoms with Gasteiger partial charge < -0.3 is 29.3 Å². The number of aromatic hydroxyl groups is 1. The minimum Gasteiger partial charge on any atom is -0.508 e. The minimum atomic E-state index is -0.983. The van der Waals surface area contributed by atoms with Crippen LogP contribution in [0.1, 0.15) is 90.0 Å². The number of ether oxygens (including phenoxy) is 3. The molecule has 3 atom stereocenters. The first-order chi connectivity index (χ1) is 26.5. The largest absolute Gasteiger partial charge is 0.508 e. The van der Waals surface area contributed by atoms with Gasteiger partial charge >= 0.3 is 6.01 Å². The average molecular weight is 758 g/mol. The predicted octanol–water partition coefficient (Wildman–Crippen LogP) is 7.72. The van der Waals surface area contributed by atoms with Crippen LogP contribution in [0.15, 0.2) is 24.3 Å². The second-order valence-electron chi connectivity index (χ2n) is 17.4. The number of anilines is 1. The van der Waals surface area contributed by atoms with Crippen LogP contribution >= 0.6 is 0 Å². The Morgan fingerprint density at radius 1 is 0.964 bits per heavy atom. The van der Waals surface area contributed by atoms with Gasteiger partial charge in [0.25, 0.3) is 0 Å². The number of fused-ring (bicyclic) bond motifs is 3. The van der Waals surface area contributed by atoms with E-state index in [1.165, 1.54) is 51.0 Å². The number of aliphatic hydroxyl groups is 1. The summed E-state index contributed by atoms with van der Waals surface area (Å²) < 4.78 is 50.8. The van der Waals surface area contributed by atoms with E-state index in [4.69, 9.17) is 24.2 Å². The Labute approximate surface area is 321 Å². The van der Waals surface area contributed by atoms with E-state index < -0.39 is 17.2 Å². The summed E-state index contributed by atoms with van der Waals surface area (Å²) in [4.78, 5) is 19.2. The van der Waals surface area contributed by atoms with Gasteiger partial charge in [0.2, 0.25) is 5.88 Å². The predicted molar refractivity (Wildman–Crippen MR) is 207 cm³/mol. The van der Waals surface area contributed by atoms with E-state index in [1.807, 2.05) is 11.8 Å². The van der Waals surface area contributed by atoms with Gasteiger partial charge in [0.05, 0.1) is 19.3 Å². The van der Waals surface area contributed by atoms with Crippen molar-refractivity contribution >= 4 is 27.5 Å². The Balaban J connectivity index is 1.12. The number of aryl methyl sites for hydroxylation is 1. The maximum Gasteiger partial charge on any atom is 0.319 e. The first-order valence-electron chi connectivity index (χ1n) is 20.4. The molecule has 2 N–H and O–H groups in total. The molecule has 12 heteroatoms. The van der Waals surface area contributed by atoms with Crippen LogP contribution in [-0.4, -0.2) is 94.3 Å². The molecule has 294 valence electrons. The van der Waals surface area contributed by atoms with Gasteiger partial charge in [-0.1, -0.05) is 19.4 Å². The van der Waals surface area contributed by atoms with E-state index >= 15 is 8.78 Å². The van der Waals surface area contributed by atoms with Crippen LogP contribution < -0.4 is 14.4 Å². The first kappa shape index (κ1) is 36.7. The fourth-order valence-corrected chi connectivity index (χ4v) is 11.1. The molecule has 3 aliphatic heterocycles. The van der Waals surface area contributed by atoms with Crippen molar-refractivity contribution in [1.82, 2.24) is 19.9 Å². The highest BCUT2D eigenvalue weighted by atomic mass is 19.1. The molecular formula is C43H53F2N5O5. The molecule has 3 saturated heterocycles. The third kappa shape index (κ3) is 6.36. The standard InChI is InChI=1S/C43H53F2N5O5/c1-4-29-31(44)10-9-26-20-28(51)21-30(33(26)29)36-35(45)37-34(39(46-36)53-3)38(49-16-6-11-41(2,52)24-49)48-40(47-37)55-25-43-12-5-8-32(43)50(17-7-13-43)27-22-42(23-27)14-18-54-19-15-42/h9-10,20-21,27,32,51-52H,4-8,11-19,22-25H2,1-3H3. The number of hydrogen-bond donors (Lipinski definition) is 2. The van der Waals surface area contributed by atoms with E-state index in [1.54, 1.807) is 13.0 Å². The fourth-order valence-electron chi connectivity index (χ4n) is 11.1. The molecule has 9 rings (SSSR count). The van der Waals surface area contributed by atoms with E-state index in [2.05, 4.69) is 9.88 Å². The number of pyridine rings is 1. The first-order valence-corrected chi connectivity index (χ1v) is 20.4. The summed E-state index contributed by atoms with van der Waals surface area (Å²) in [6.45, 7) is 7.79. The second-order valence-corrected chi connectivity index (χ2v) is 17.4. The fraction of sp³-hybridized carbons (Fsp3) is 0.605. The van der Waals surface area contributed by atoms with Crippen LogP contribution in [-0.2, 0) is 11.2 Å². The number of likely N-dealkylation sites (tertiary alicyclic amines) is 1. The van der Waals surface area contributed by atoms with Crippen molar-refractivity contribution in [3.63, 3.8) is 0 Å². The summed E-state index contributed by atoms with van der Waals surface area (Å²) in [5.74, 6) is -0.795. The van der Waals surface area contributed by atoms with Crippen molar-refractivity contribution in [2.45, 2.75) is 109 Å². The number of rotatable bonds is 8. The van der Waals surface area contributed by atoms with Gasteiger partial charge in [-0.05, 0) is 124 Å². The molecule has 2 aromatic heterocycles. The smallest absolute Gasteiger partial charge is 0.319 e. The lowest BCUT2D eigenvalue weighted by molar-refractivity contribution is -0.112. The highest BCUT2D eigenvalue weighted by molar-refractivity contribution is 6.03. The van der Waals surface area contributed by atoms with Crippen molar-refractivity contribution in [2.75, 3.05) is 51.5 Å². The third-order valence-electron chi connectivity index (χ3n) is 13.8. The number of hydrogen-bond acceptors (Lipinski definition) is 10. The number of piperidine rings is 2. The molecule has 0 radical (unpaired) electrons. The van der Waals surface area contributed by atoms with Crippen molar-refractivity contribution in [1.29, 1.82) is 0 Å². The summed E-state index contributed by atoms with van der Waals surface area (Å²) in [7, 11) is 1.46. The Kier molecular flexibility index (Phi) is 9.32. The van der Waals surface area contributed by atoms with Crippen molar-refractivity contribution in [3.05, 3.63) is 41.5 Å². The Morgan fingerprint density at radius 2 is 1.75 bits per heavy atom. The molecule has 10 nitrogen and oxygen atoms in total. The molecule has 5 aliphatic rings. The lowest BCUT2D eigenvalue weighted by atomic mass is 9.60. The van der Waals surface area contributed by atoms with Crippen molar-refractivity contribution in [2.24, 2.45) is 10.8 Å². The van der Waals surface area contributed by atoms with Crippen LogP contribution in [0.4, 0.5) is 14.6 Å². The van der Waals surface area contributed by atoms with Crippen molar-refractivity contribution < 1.29 is 33.2 Å². The summed E-state index contributed by atoms with van der Waals surface area (Å²) in [5.41, 5.74) is -0.114. The van der Waals surface area contributed by atoms with Gasteiger partial charge in [0, 0.05) is 49.4 Å². The quantitative estimate of drug-likeness (QED) is 0.185. The number of nitrogens with zero attached hydrogens (tertiary/aromatic N) is 5. The van der Waals surface area contributed by atoms with E-state index in [0.29, 0.717) is 72.1 Å². The number of phenols is 1. The number of β-amino-alcohol motifs (C(OH)–C–C–N with tert-alkyl or cyclic N) is 1. The van der Waals surface area contributed by atoms with Crippen LogP contribution in [0.25, 0.3) is 32.9 Å². The summed E-state index contributed by atoms with van der Waals surface area (Å²) >= 11 is 0. The third-order valence-corrected chi connectivity index (χ3v) is 13.8. The van der Waals surface area contributed by atoms with Gasteiger partial charge in [0.15, 0.2) is 5.82 Å². The van der Waals surface area contributed by atoms with Crippen molar-refractivity contribution in [3.8, 4) is 28.9 Å². The van der Waals surface area contributed by atoms with E-state index in [-0.39, 0.29) is 51.8 Å². The summed E-state index contributed by atoms with van der Waals surface area (Å²) in [5, 5.41) is 23.3. The molecule has 2 aliphatic carbocycles. The SMILES string of the molecule is CCc1c(F)ccc2cc(O)cc(-c3nc(OC)c4c(N5CCCC(C)(O)C5)nc(OCC56CCCC5N(C5CC7(CCOCC7)C5)CCC6)nc4c3F)c12. The normalized spacial score (nSPS) is 27.1. The number of phenolic OH excluding ortho intramolecular Hbond substituents is 1. The lowest BCUT2D eigenvalue weighted by Gasteiger charge is -2.58. The van der Waals surface area contributed by atoms with E-state index in [9.17, 15) is 10.2 Å². The molecule has 0 bridgehead atoms. The lowest BCUT2D eigenvalue weighted by Crippen LogP contribution is -2.61. The zero-order valence-electron chi connectivity index (χ0n) is 32.3. The number of methoxy groups -OCH3 is 1. The maximum absolute atomic E-state index is 17.4. The van der Waals surface area contributed by atoms with Gasteiger partial charge in [-0.2, -0.15) is 9.97 Å². The minimum absolute atomic E-state index is 0.0417. The zero-order chi connectivity index (χ0) is 38.1. The van der Waals surface area contributed by atoms with Gasteiger partial charge in [-0.3, -0.25) is 4.90 Å². The molecule has 2 aromatic carbocycles. The van der Waals surface area contributed by atoms with Gasteiger partial charge in [0.1, 0.15) is 34.0 Å². The molecule has 1 spiro atoms. The molecule has 5 fully saturated rings. The molecular weight excluding hydrogens is 704 g/mol. The molecule has 2 saturated carbocycles. The summed E-state index contributed by atoms with van der Waals surface area (Å²) in [6.07, 6.45) is 12.0. The van der Waals surface area contributed by atoms with Gasteiger partial charge in [-0.15, -0.1) is 0 Å². The van der Waals surface area contributed by atoms with E-state index in [0.717, 1.165) is 51.9 Å². The average Bonchev–Trinajstić information content (AvgIpc) is 3.61. The molecule has 5 heterocycles. The van der Waals surface area contributed by atoms with Gasteiger partial charge in [-0.25, -0.2) is 13.8 Å². The second kappa shape index (κ2) is 14.0. The Morgan fingerprint density at radius 3 is 2.51 bits per heavy atom.